The molecule has 0 N–H and O–H groups in total. The molecule has 0 amide bonds. The standard InChI is InChI=1S/C10H15NS/c11-7-10(8-1-2-8)9-3-5-12-6-4-9/h8-10H,1-6H2. The van der Waals surface area contributed by atoms with Gasteiger partial charge < -0.3 is 0 Å². The van der Waals surface area contributed by atoms with Crippen LogP contribution in [0.1, 0.15) is 25.7 Å². The molecule has 1 unspecified atom stereocenters. The van der Waals surface area contributed by atoms with Gasteiger partial charge in [0.15, 0.2) is 0 Å². The molecule has 0 radical (unpaired) electrons. The van der Waals surface area contributed by atoms with Crippen molar-refractivity contribution >= 4 is 11.8 Å². The SMILES string of the molecule is N#CC(C1CCSCC1)C1CC1. The van der Waals surface area contributed by atoms with Crippen LogP contribution in [0.5, 0.6) is 0 Å². The molecule has 0 aromatic carbocycles. The van der Waals surface area contributed by atoms with Gasteiger partial charge in [-0.25, -0.2) is 0 Å². The van der Waals surface area contributed by atoms with Crippen LogP contribution in [0.4, 0.5) is 0 Å². The van der Waals surface area contributed by atoms with E-state index in [0.29, 0.717) is 5.92 Å². The molecule has 1 aliphatic heterocycles. The van der Waals surface area contributed by atoms with Crippen LogP contribution >= 0.6 is 11.8 Å². The first-order chi connectivity index (χ1) is 5.92. The molecule has 0 spiro atoms. The van der Waals surface area contributed by atoms with E-state index in [1.807, 2.05) is 11.8 Å². The number of hydrogen-bond acceptors (Lipinski definition) is 2. The minimum absolute atomic E-state index is 0.408. The zero-order chi connectivity index (χ0) is 8.39. The average Bonchev–Trinajstić information content (AvgIpc) is 2.92. The van der Waals surface area contributed by atoms with E-state index in [2.05, 4.69) is 6.07 Å². The summed E-state index contributed by atoms with van der Waals surface area (Å²) in [6.07, 6.45) is 5.22. The molecule has 2 aliphatic rings. The summed E-state index contributed by atoms with van der Waals surface area (Å²) in [7, 11) is 0. The molecular formula is C10H15NS. The van der Waals surface area contributed by atoms with Crippen molar-refractivity contribution in [3.63, 3.8) is 0 Å². The fourth-order valence-corrected chi connectivity index (χ4v) is 3.27. The van der Waals surface area contributed by atoms with Gasteiger partial charge in [0, 0.05) is 0 Å². The molecule has 2 rings (SSSR count). The maximum atomic E-state index is 9.03. The van der Waals surface area contributed by atoms with Gasteiger partial charge in [-0.15, -0.1) is 0 Å². The van der Waals surface area contributed by atoms with Crippen molar-refractivity contribution < 1.29 is 0 Å². The Hall–Kier alpha value is -0.160. The summed E-state index contributed by atoms with van der Waals surface area (Å²) in [6.45, 7) is 0. The van der Waals surface area contributed by atoms with Crippen LogP contribution < -0.4 is 0 Å². The molecule has 1 heterocycles. The summed E-state index contributed by atoms with van der Waals surface area (Å²) in [4.78, 5) is 0. The smallest absolute Gasteiger partial charge is 0.0661 e. The maximum absolute atomic E-state index is 9.03. The normalized spacial score (nSPS) is 27.9. The Labute approximate surface area is 78.5 Å². The quantitative estimate of drug-likeness (QED) is 0.654. The zero-order valence-corrected chi connectivity index (χ0v) is 8.15. The van der Waals surface area contributed by atoms with Crippen LogP contribution in [0, 0.1) is 29.1 Å². The highest BCUT2D eigenvalue weighted by Gasteiger charge is 2.36. The van der Waals surface area contributed by atoms with Crippen molar-refractivity contribution in [3.05, 3.63) is 0 Å². The molecule has 0 aromatic heterocycles. The molecule has 12 heavy (non-hydrogen) atoms. The van der Waals surface area contributed by atoms with Gasteiger partial charge in [0.2, 0.25) is 0 Å². The van der Waals surface area contributed by atoms with Gasteiger partial charge in [-0.05, 0) is 49.0 Å². The Bertz CT molecular complexity index is 187. The molecule has 66 valence electrons. The van der Waals surface area contributed by atoms with Gasteiger partial charge in [0.1, 0.15) is 0 Å². The second-order valence-electron chi connectivity index (χ2n) is 3.94. The lowest BCUT2D eigenvalue weighted by Gasteiger charge is -2.25. The van der Waals surface area contributed by atoms with Crippen LogP contribution in [-0.2, 0) is 0 Å². The van der Waals surface area contributed by atoms with Gasteiger partial charge in [0.05, 0.1) is 12.0 Å². The first kappa shape index (κ1) is 8.44. The zero-order valence-electron chi connectivity index (χ0n) is 7.33. The molecule has 2 heteroatoms. The lowest BCUT2D eigenvalue weighted by molar-refractivity contribution is 0.344. The van der Waals surface area contributed by atoms with E-state index in [1.54, 1.807) is 0 Å². The van der Waals surface area contributed by atoms with E-state index in [1.165, 1.54) is 37.2 Å². The average molecular weight is 181 g/mol. The van der Waals surface area contributed by atoms with Gasteiger partial charge in [-0.1, -0.05) is 0 Å². The third-order valence-corrected chi connectivity index (χ3v) is 4.10. The monoisotopic (exact) mass is 181 g/mol. The highest BCUT2D eigenvalue weighted by molar-refractivity contribution is 7.99. The first-order valence-corrected chi connectivity index (χ1v) is 6.04. The largest absolute Gasteiger partial charge is 0.198 e. The predicted molar refractivity (Wildman–Crippen MR) is 51.9 cm³/mol. The van der Waals surface area contributed by atoms with Gasteiger partial charge >= 0.3 is 0 Å². The Morgan fingerprint density at radius 3 is 2.17 bits per heavy atom. The van der Waals surface area contributed by atoms with Crippen molar-refractivity contribution in [3.8, 4) is 6.07 Å². The molecule has 1 aliphatic carbocycles. The number of nitrogens with zero attached hydrogens (tertiary/aromatic N) is 1. The second kappa shape index (κ2) is 3.70. The van der Waals surface area contributed by atoms with Crippen LogP contribution in [0.25, 0.3) is 0 Å². The Morgan fingerprint density at radius 2 is 1.67 bits per heavy atom. The number of nitriles is 1. The number of hydrogen-bond donors (Lipinski definition) is 0. The Balaban J connectivity index is 1.91. The highest BCUT2D eigenvalue weighted by Crippen LogP contribution is 2.43. The topological polar surface area (TPSA) is 23.8 Å². The van der Waals surface area contributed by atoms with E-state index in [4.69, 9.17) is 5.26 Å². The second-order valence-corrected chi connectivity index (χ2v) is 5.17. The van der Waals surface area contributed by atoms with Crippen molar-refractivity contribution in [2.45, 2.75) is 25.7 Å². The van der Waals surface area contributed by atoms with Crippen LogP contribution in [0.2, 0.25) is 0 Å². The first-order valence-electron chi connectivity index (χ1n) is 4.89. The van der Waals surface area contributed by atoms with Crippen molar-refractivity contribution in [1.82, 2.24) is 0 Å². The fraction of sp³-hybridized carbons (Fsp3) is 0.900. The minimum Gasteiger partial charge on any atom is -0.198 e. The van der Waals surface area contributed by atoms with E-state index in [-0.39, 0.29) is 0 Å². The summed E-state index contributed by atoms with van der Waals surface area (Å²) >= 11 is 2.05. The summed E-state index contributed by atoms with van der Waals surface area (Å²) < 4.78 is 0. The lowest BCUT2D eigenvalue weighted by atomic mass is 9.85. The molecule has 0 aromatic rings. The maximum Gasteiger partial charge on any atom is 0.0661 e. The molecule has 2 fully saturated rings. The molecule has 1 saturated heterocycles. The van der Waals surface area contributed by atoms with Gasteiger partial charge in [-0.2, -0.15) is 17.0 Å². The minimum atomic E-state index is 0.408. The molecule has 0 bridgehead atoms. The van der Waals surface area contributed by atoms with Crippen molar-refractivity contribution in [1.29, 1.82) is 5.26 Å². The third-order valence-electron chi connectivity index (χ3n) is 3.05. The number of rotatable bonds is 2. The van der Waals surface area contributed by atoms with E-state index < -0.39 is 0 Å². The van der Waals surface area contributed by atoms with Crippen LogP contribution in [0.3, 0.4) is 0 Å². The third kappa shape index (κ3) is 1.77. The van der Waals surface area contributed by atoms with Crippen molar-refractivity contribution in [2.24, 2.45) is 17.8 Å². The van der Waals surface area contributed by atoms with Crippen LogP contribution in [0.15, 0.2) is 0 Å². The Morgan fingerprint density at radius 1 is 1.08 bits per heavy atom. The summed E-state index contributed by atoms with van der Waals surface area (Å²) in [5, 5.41) is 9.03. The lowest BCUT2D eigenvalue weighted by Crippen LogP contribution is -2.20. The van der Waals surface area contributed by atoms with E-state index in [9.17, 15) is 0 Å². The molecule has 1 saturated carbocycles. The van der Waals surface area contributed by atoms with Gasteiger partial charge in [0.25, 0.3) is 0 Å². The molecule has 1 atom stereocenters. The predicted octanol–water partition coefficient (Wildman–Crippen LogP) is 2.68. The van der Waals surface area contributed by atoms with Crippen molar-refractivity contribution in [2.75, 3.05) is 11.5 Å². The molecule has 1 nitrogen and oxygen atoms in total. The van der Waals surface area contributed by atoms with E-state index >= 15 is 0 Å². The van der Waals surface area contributed by atoms with Crippen LogP contribution in [-0.4, -0.2) is 11.5 Å². The van der Waals surface area contributed by atoms with Gasteiger partial charge in [-0.3, -0.25) is 0 Å². The number of thioether (sulfide) groups is 1. The summed E-state index contributed by atoms with van der Waals surface area (Å²) in [6, 6.07) is 2.52. The highest BCUT2D eigenvalue weighted by atomic mass is 32.2. The molecular weight excluding hydrogens is 166 g/mol. The fourth-order valence-electron chi connectivity index (χ4n) is 2.13. The van der Waals surface area contributed by atoms with E-state index in [0.717, 1.165) is 11.8 Å². The Kier molecular flexibility index (Phi) is 2.60. The summed E-state index contributed by atoms with van der Waals surface area (Å²) in [5.41, 5.74) is 0. The summed E-state index contributed by atoms with van der Waals surface area (Å²) in [5.74, 6) is 4.50.